The number of rotatable bonds is 7. The van der Waals surface area contributed by atoms with Crippen LogP contribution in [0.4, 0.5) is 5.69 Å². The molecule has 0 aromatic heterocycles. The van der Waals surface area contributed by atoms with Gasteiger partial charge in [0.1, 0.15) is 0 Å². The smallest absolute Gasteiger partial charge is 0.238 e. The Hall–Kier alpha value is -1.43. The molecule has 0 saturated carbocycles. The van der Waals surface area contributed by atoms with Gasteiger partial charge in [-0.15, -0.1) is 0 Å². The molecule has 0 unspecified atom stereocenters. The number of nitrogens with zero attached hydrogens (tertiary/aromatic N) is 2. The molecule has 0 radical (unpaired) electrons. The van der Waals surface area contributed by atoms with E-state index in [4.69, 9.17) is 4.74 Å². The average Bonchev–Trinajstić information content (AvgIpc) is 2.50. The van der Waals surface area contributed by atoms with E-state index in [2.05, 4.69) is 48.0 Å². The molecule has 1 fully saturated rings. The number of nitrogens with one attached hydrogen (secondary N) is 1. The van der Waals surface area contributed by atoms with Gasteiger partial charge in [0.2, 0.25) is 5.91 Å². The Morgan fingerprint density at radius 2 is 1.96 bits per heavy atom. The number of hydrogen-bond donors (Lipinski definition) is 1. The molecule has 0 bridgehead atoms. The van der Waals surface area contributed by atoms with E-state index >= 15 is 0 Å². The van der Waals surface area contributed by atoms with Crippen LogP contribution in [-0.4, -0.2) is 68.2 Å². The summed E-state index contributed by atoms with van der Waals surface area (Å²) >= 11 is 0. The van der Waals surface area contributed by atoms with Gasteiger partial charge in [0.05, 0.1) is 19.3 Å². The molecular formula is C21H35N3O2. The number of anilines is 1. The number of morpholine rings is 1. The molecule has 1 aliphatic heterocycles. The number of hydrogen-bond acceptors (Lipinski definition) is 4. The third kappa shape index (κ3) is 6.38. The van der Waals surface area contributed by atoms with Crippen LogP contribution in [0, 0.1) is 26.7 Å². The molecule has 5 heteroatoms. The highest BCUT2D eigenvalue weighted by atomic mass is 16.5. The highest BCUT2D eigenvalue weighted by molar-refractivity contribution is 5.93. The standard InChI is InChI=1S/C21H35N3O2/c1-15(2)11-24-7-8-26-19(13-24)12-23(6)14-20(25)22-21-17(4)9-16(3)10-18(21)5/h9-10,15,19H,7-8,11-14H2,1-6H3,(H,22,25)/t19-/m1/s1. The maximum atomic E-state index is 12.5. The van der Waals surface area contributed by atoms with Crippen LogP contribution < -0.4 is 5.32 Å². The zero-order valence-electron chi connectivity index (χ0n) is 17.3. The molecular weight excluding hydrogens is 326 g/mol. The van der Waals surface area contributed by atoms with Crippen LogP contribution in [0.25, 0.3) is 0 Å². The summed E-state index contributed by atoms with van der Waals surface area (Å²) in [5.41, 5.74) is 4.37. The van der Waals surface area contributed by atoms with Gasteiger partial charge in [0, 0.05) is 31.9 Å². The van der Waals surface area contributed by atoms with Crippen molar-refractivity contribution >= 4 is 11.6 Å². The molecule has 1 atom stereocenters. The Kier molecular flexibility index (Phi) is 7.62. The summed E-state index contributed by atoms with van der Waals surface area (Å²) < 4.78 is 5.90. The molecule has 1 amide bonds. The van der Waals surface area contributed by atoms with E-state index in [0.717, 1.165) is 49.6 Å². The molecule has 1 aromatic carbocycles. The monoisotopic (exact) mass is 361 g/mol. The lowest BCUT2D eigenvalue weighted by Crippen LogP contribution is -2.48. The average molecular weight is 362 g/mol. The molecule has 1 saturated heterocycles. The molecule has 0 aliphatic carbocycles. The van der Waals surface area contributed by atoms with Crippen LogP contribution in [0.3, 0.4) is 0 Å². The van der Waals surface area contributed by atoms with E-state index in [9.17, 15) is 4.79 Å². The van der Waals surface area contributed by atoms with Gasteiger partial charge in [0.15, 0.2) is 0 Å². The summed E-state index contributed by atoms with van der Waals surface area (Å²) in [6.45, 7) is 15.6. The number of aryl methyl sites for hydroxylation is 3. The molecule has 5 nitrogen and oxygen atoms in total. The highest BCUT2D eigenvalue weighted by Gasteiger charge is 2.23. The van der Waals surface area contributed by atoms with Crippen molar-refractivity contribution in [2.75, 3.05) is 51.7 Å². The largest absolute Gasteiger partial charge is 0.374 e. The minimum atomic E-state index is 0.0254. The second-order valence-corrected chi connectivity index (χ2v) is 8.16. The number of likely N-dealkylation sites (N-methyl/N-ethyl adjacent to an activating group) is 1. The minimum Gasteiger partial charge on any atom is -0.374 e. The molecule has 2 rings (SSSR count). The zero-order valence-corrected chi connectivity index (χ0v) is 17.3. The zero-order chi connectivity index (χ0) is 19.3. The van der Waals surface area contributed by atoms with Crippen LogP contribution in [0.15, 0.2) is 12.1 Å². The van der Waals surface area contributed by atoms with E-state index in [-0.39, 0.29) is 12.0 Å². The predicted octanol–water partition coefficient (Wildman–Crippen LogP) is 2.84. The van der Waals surface area contributed by atoms with Gasteiger partial charge in [-0.05, 0) is 44.9 Å². The van der Waals surface area contributed by atoms with Gasteiger partial charge in [-0.1, -0.05) is 31.5 Å². The quantitative estimate of drug-likeness (QED) is 0.811. The third-order valence-electron chi connectivity index (χ3n) is 4.72. The Morgan fingerprint density at radius 1 is 1.31 bits per heavy atom. The first kappa shape index (κ1) is 20.9. The highest BCUT2D eigenvalue weighted by Crippen LogP contribution is 2.21. The van der Waals surface area contributed by atoms with Gasteiger partial charge >= 0.3 is 0 Å². The number of ether oxygens (including phenoxy) is 1. The fourth-order valence-corrected chi connectivity index (χ4v) is 3.79. The number of amides is 1. The van der Waals surface area contributed by atoms with E-state index in [0.29, 0.717) is 12.5 Å². The summed E-state index contributed by atoms with van der Waals surface area (Å²) in [7, 11) is 1.99. The van der Waals surface area contributed by atoms with Crippen LogP contribution >= 0.6 is 0 Å². The predicted molar refractivity (Wildman–Crippen MR) is 108 cm³/mol. The summed E-state index contributed by atoms with van der Waals surface area (Å²) in [5, 5.41) is 3.08. The first-order chi connectivity index (χ1) is 12.2. The van der Waals surface area contributed by atoms with Gasteiger partial charge in [-0.25, -0.2) is 0 Å². The maximum absolute atomic E-state index is 12.5. The minimum absolute atomic E-state index is 0.0254. The summed E-state index contributed by atoms with van der Waals surface area (Å²) in [6.07, 6.45) is 0.170. The van der Waals surface area contributed by atoms with Crippen LogP contribution in [0.2, 0.25) is 0 Å². The van der Waals surface area contributed by atoms with Crippen molar-refractivity contribution in [2.45, 2.75) is 40.7 Å². The van der Waals surface area contributed by atoms with Gasteiger partial charge in [-0.3, -0.25) is 14.6 Å². The third-order valence-corrected chi connectivity index (χ3v) is 4.72. The molecule has 1 aromatic rings. The Morgan fingerprint density at radius 3 is 2.58 bits per heavy atom. The normalized spacial score (nSPS) is 18.5. The first-order valence-corrected chi connectivity index (χ1v) is 9.64. The second kappa shape index (κ2) is 9.49. The van der Waals surface area contributed by atoms with Gasteiger partial charge in [-0.2, -0.15) is 0 Å². The van der Waals surface area contributed by atoms with Crippen molar-refractivity contribution in [2.24, 2.45) is 5.92 Å². The Bertz CT molecular complexity index is 592. The fourth-order valence-electron chi connectivity index (χ4n) is 3.79. The molecule has 146 valence electrons. The molecule has 1 aliphatic rings. The van der Waals surface area contributed by atoms with Gasteiger partial charge < -0.3 is 10.1 Å². The maximum Gasteiger partial charge on any atom is 0.238 e. The van der Waals surface area contributed by atoms with Gasteiger partial charge in [0.25, 0.3) is 0 Å². The van der Waals surface area contributed by atoms with Crippen LogP contribution in [-0.2, 0) is 9.53 Å². The van der Waals surface area contributed by atoms with E-state index < -0.39 is 0 Å². The van der Waals surface area contributed by atoms with Crippen molar-refractivity contribution in [3.63, 3.8) is 0 Å². The molecule has 1 heterocycles. The number of carbonyl (C=O) groups excluding carboxylic acids is 1. The Labute approximate surface area is 158 Å². The topological polar surface area (TPSA) is 44.8 Å². The molecule has 26 heavy (non-hydrogen) atoms. The van der Waals surface area contributed by atoms with Crippen molar-refractivity contribution in [3.8, 4) is 0 Å². The number of benzene rings is 1. The van der Waals surface area contributed by atoms with Crippen molar-refractivity contribution in [1.29, 1.82) is 0 Å². The second-order valence-electron chi connectivity index (χ2n) is 8.16. The lowest BCUT2D eigenvalue weighted by atomic mass is 10.1. The first-order valence-electron chi connectivity index (χ1n) is 9.64. The Balaban J connectivity index is 1.84. The fraction of sp³-hybridized carbons (Fsp3) is 0.667. The van der Waals surface area contributed by atoms with Crippen molar-refractivity contribution < 1.29 is 9.53 Å². The van der Waals surface area contributed by atoms with E-state index in [1.807, 2.05) is 20.9 Å². The molecule has 1 N–H and O–H groups in total. The van der Waals surface area contributed by atoms with Crippen molar-refractivity contribution in [1.82, 2.24) is 9.80 Å². The number of carbonyl (C=O) groups is 1. The summed E-state index contributed by atoms with van der Waals surface area (Å²) in [6, 6.07) is 4.21. The van der Waals surface area contributed by atoms with Crippen molar-refractivity contribution in [3.05, 3.63) is 28.8 Å². The van der Waals surface area contributed by atoms with Crippen LogP contribution in [0.5, 0.6) is 0 Å². The van der Waals surface area contributed by atoms with E-state index in [1.54, 1.807) is 0 Å². The summed E-state index contributed by atoms with van der Waals surface area (Å²) in [5.74, 6) is 0.690. The summed E-state index contributed by atoms with van der Waals surface area (Å²) in [4.78, 5) is 17.0. The lowest BCUT2D eigenvalue weighted by Gasteiger charge is -2.35. The van der Waals surface area contributed by atoms with E-state index in [1.165, 1.54) is 5.56 Å². The lowest BCUT2D eigenvalue weighted by molar-refractivity contribution is -0.117. The molecule has 0 spiro atoms. The SMILES string of the molecule is Cc1cc(C)c(NC(=O)CN(C)C[C@@H]2CN(CC(C)C)CCO2)c(C)c1. The van der Waals surface area contributed by atoms with Crippen LogP contribution in [0.1, 0.15) is 30.5 Å².